The molecular weight excluding hydrogens is 206 g/mol. The number of aromatic nitrogens is 2. The molecule has 1 unspecified atom stereocenters. The lowest BCUT2D eigenvalue weighted by Gasteiger charge is -2.23. The molecule has 0 saturated carbocycles. The number of hydrogen-bond acceptors (Lipinski definition) is 4. The molecule has 1 aliphatic rings. The molecule has 1 N–H and O–H groups in total. The predicted octanol–water partition coefficient (Wildman–Crippen LogP) is -0.0324. The van der Waals surface area contributed by atoms with Gasteiger partial charge in [0.25, 0.3) is 0 Å². The van der Waals surface area contributed by atoms with Crippen LogP contribution in [0.3, 0.4) is 0 Å². The third-order valence-corrected chi connectivity index (χ3v) is 2.73. The minimum atomic E-state index is 0.209. The summed E-state index contributed by atoms with van der Waals surface area (Å²) in [4.78, 5) is 0. The largest absolute Gasteiger partial charge is 0.378 e. The predicted molar refractivity (Wildman–Crippen MR) is 60.3 cm³/mol. The van der Waals surface area contributed by atoms with E-state index in [4.69, 9.17) is 9.47 Å². The molecule has 1 fully saturated rings. The van der Waals surface area contributed by atoms with Gasteiger partial charge in [0.05, 0.1) is 25.9 Å². The molecule has 0 radical (unpaired) electrons. The van der Waals surface area contributed by atoms with Crippen molar-refractivity contribution in [2.45, 2.75) is 12.5 Å². The Hall–Kier alpha value is -0.910. The van der Waals surface area contributed by atoms with E-state index in [-0.39, 0.29) is 6.10 Å². The van der Waals surface area contributed by atoms with Crippen molar-refractivity contribution in [3.63, 3.8) is 0 Å². The van der Waals surface area contributed by atoms with Gasteiger partial charge in [0, 0.05) is 38.4 Å². The third kappa shape index (κ3) is 3.30. The zero-order valence-electron chi connectivity index (χ0n) is 9.69. The number of nitrogens with zero attached hydrogens (tertiary/aromatic N) is 2. The van der Waals surface area contributed by atoms with Crippen LogP contribution in [-0.2, 0) is 22.9 Å². The highest BCUT2D eigenvalue weighted by molar-refractivity contribution is 4.99. The molecule has 0 aliphatic carbocycles. The van der Waals surface area contributed by atoms with E-state index < -0.39 is 0 Å². The first-order valence-electron chi connectivity index (χ1n) is 5.73. The van der Waals surface area contributed by atoms with Gasteiger partial charge in [-0.15, -0.1) is 0 Å². The molecule has 1 aliphatic heterocycles. The minimum Gasteiger partial charge on any atom is -0.378 e. The Kier molecular flexibility index (Phi) is 4.33. The van der Waals surface area contributed by atoms with Gasteiger partial charge in [0.1, 0.15) is 0 Å². The van der Waals surface area contributed by atoms with E-state index in [2.05, 4.69) is 10.4 Å². The maximum atomic E-state index is 5.60. The van der Waals surface area contributed by atoms with Crippen LogP contribution in [0.15, 0.2) is 12.3 Å². The van der Waals surface area contributed by atoms with Gasteiger partial charge in [0.15, 0.2) is 0 Å². The zero-order valence-corrected chi connectivity index (χ0v) is 9.69. The Labute approximate surface area is 95.7 Å². The van der Waals surface area contributed by atoms with E-state index >= 15 is 0 Å². The summed E-state index contributed by atoms with van der Waals surface area (Å²) in [5, 5.41) is 7.39. The number of nitrogens with one attached hydrogen (secondary N) is 1. The first kappa shape index (κ1) is 11.6. The zero-order chi connectivity index (χ0) is 11.2. The van der Waals surface area contributed by atoms with Crippen LogP contribution in [0.25, 0.3) is 0 Å². The Balaban J connectivity index is 1.59. The van der Waals surface area contributed by atoms with Crippen LogP contribution in [0, 0.1) is 0 Å². The summed E-state index contributed by atoms with van der Waals surface area (Å²) in [7, 11) is 1.95. The molecule has 0 aromatic carbocycles. The average molecular weight is 225 g/mol. The molecule has 1 aromatic heterocycles. The van der Waals surface area contributed by atoms with Gasteiger partial charge < -0.3 is 14.8 Å². The molecule has 0 amide bonds. The van der Waals surface area contributed by atoms with Crippen LogP contribution in [0.1, 0.15) is 5.69 Å². The van der Waals surface area contributed by atoms with Crippen LogP contribution in [0.4, 0.5) is 0 Å². The quantitative estimate of drug-likeness (QED) is 0.715. The maximum absolute atomic E-state index is 5.60. The molecule has 5 nitrogen and oxygen atoms in total. The second-order valence-corrected chi connectivity index (χ2v) is 3.97. The van der Waals surface area contributed by atoms with Gasteiger partial charge >= 0.3 is 0 Å². The SMILES string of the molecule is Cn1nccc1CCOCC1CNCCO1. The molecule has 1 aromatic rings. The summed E-state index contributed by atoms with van der Waals surface area (Å²) in [6.45, 7) is 4.03. The summed E-state index contributed by atoms with van der Waals surface area (Å²) in [5.74, 6) is 0. The fourth-order valence-electron chi connectivity index (χ4n) is 1.76. The van der Waals surface area contributed by atoms with Gasteiger partial charge in [-0.25, -0.2) is 0 Å². The fourth-order valence-corrected chi connectivity index (χ4v) is 1.76. The van der Waals surface area contributed by atoms with Crippen LogP contribution in [0.2, 0.25) is 0 Å². The molecule has 2 rings (SSSR count). The number of hydrogen-bond donors (Lipinski definition) is 1. The molecule has 1 atom stereocenters. The first-order chi connectivity index (χ1) is 7.86. The summed E-state index contributed by atoms with van der Waals surface area (Å²) < 4.78 is 13.0. The van der Waals surface area contributed by atoms with Gasteiger partial charge in [0.2, 0.25) is 0 Å². The van der Waals surface area contributed by atoms with E-state index in [1.807, 2.05) is 24.0 Å². The Bertz CT molecular complexity index is 308. The summed E-state index contributed by atoms with van der Waals surface area (Å²) in [5.41, 5.74) is 1.20. The van der Waals surface area contributed by atoms with Crippen LogP contribution in [-0.4, -0.2) is 48.8 Å². The van der Waals surface area contributed by atoms with Crippen molar-refractivity contribution in [3.05, 3.63) is 18.0 Å². The summed E-state index contributed by atoms with van der Waals surface area (Å²) in [6, 6.07) is 2.02. The topological polar surface area (TPSA) is 48.3 Å². The van der Waals surface area contributed by atoms with E-state index in [9.17, 15) is 0 Å². The Morgan fingerprint density at radius 3 is 3.31 bits per heavy atom. The van der Waals surface area contributed by atoms with Crippen molar-refractivity contribution in [1.29, 1.82) is 0 Å². The van der Waals surface area contributed by atoms with Crippen molar-refractivity contribution < 1.29 is 9.47 Å². The molecule has 0 bridgehead atoms. The maximum Gasteiger partial charge on any atom is 0.0933 e. The average Bonchev–Trinajstić information content (AvgIpc) is 2.72. The van der Waals surface area contributed by atoms with Crippen molar-refractivity contribution in [2.24, 2.45) is 7.05 Å². The Morgan fingerprint density at radius 2 is 2.62 bits per heavy atom. The lowest BCUT2D eigenvalue weighted by Crippen LogP contribution is -2.41. The fraction of sp³-hybridized carbons (Fsp3) is 0.727. The number of aryl methyl sites for hydroxylation is 1. The highest BCUT2D eigenvalue weighted by Crippen LogP contribution is 2.00. The van der Waals surface area contributed by atoms with Crippen molar-refractivity contribution in [3.8, 4) is 0 Å². The molecule has 1 saturated heterocycles. The molecular formula is C11H19N3O2. The smallest absolute Gasteiger partial charge is 0.0933 e. The first-order valence-corrected chi connectivity index (χ1v) is 5.73. The van der Waals surface area contributed by atoms with Gasteiger partial charge in [-0.1, -0.05) is 0 Å². The highest BCUT2D eigenvalue weighted by atomic mass is 16.5. The van der Waals surface area contributed by atoms with Crippen LogP contribution < -0.4 is 5.32 Å². The number of rotatable bonds is 5. The van der Waals surface area contributed by atoms with E-state index in [1.54, 1.807) is 0 Å². The number of ether oxygens (including phenoxy) is 2. The van der Waals surface area contributed by atoms with Crippen molar-refractivity contribution in [1.82, 2.24) is 15.1 Å². The molecule has 5 heteroatoms. The third-order valence-electron chi connectivity index (χ3n) is 2.73. The van der Waals surface area contributed by atoms with E-state index in [0.717, 1.165) is 32.7 Å². The second-order valence-electron chi connectivity index (χ2n) is 3.97. The highest BCUT2D eigenvalue weighted by Gasteiger charge is 2.12. The van der Waals surface area contributed by atoms with Crippen molar-refractivity contribution in [2.75, 3.05) is 32.9 Å². The van der Waals surface area contributed by atoms with Crippen molar-refractivity contribution >= 4 is 0 Å². The minimum absolute atomic E-state index is 0.209. The molecule has 0 spiro atoms. The summed E-state index contributed by atoms with van der Waals surface area (Å²) >= 11 is 0. The van der Waals surface area contributed by atoms with Gasteiger partial charge in [-0.2, -0.15) is 5.10 Å². The lowest BCUT2D eigenvalue weighted by molar-refractivity contribution is -0.0308. The monoisotopic (exact) mass is 225 g/mol. The lowest BCUT2D eigenvalue weighted by atomic mass is 10.3. The normalized spacial score (nSPS) is 21.2. The second kappa shape index (κ2) is 5.98. The van der Waals surface area contributed by atoms with Crippen LogP contribution in [0.5, 0.6) is 0 Å². The van der Waals surface area contributed by atoms with Crippen LogP contribution >= 0.6 is 0 Å². The van der Waals surface area contributed by atoms with Gasteiger partial charge in [-0.05, 0) is 6.07 Å². The molecule has 16 heavy (non-hydrogen) atoms. The van der Waals surface area contributed by atoms with E-state index in [1.165, 1.54) is 5.69 Å². The Morgan fingerprint density at radius 1 is 1.69 bits per heavy atom. The van der Waals surface area contributed by atoms with E-state index in [0.29, 0.717) is 6.61 Å². The van der Waals surface area contributed by atoms with Gasteiger partial charge in [-0.3, -0.25) is 4.68 Å². The number of morpholine rings is 1. The molecule has 90 valence electrons. The summed E-state index contributed by atoms with van der Waals surface area (Å²) in [6.07, 6.45) is 2.92. The molecule has 2 heterocycles. The standard InChI is InChI=1S/C11H19N3O2/c1-14-10(2-4-13-14)3-6-15-9-11-8-12-5-7-16-11/h2,4,11-12H,3,5-9H2,1H3.